The number of anilines is 2. The number of ether oxygens (including phenoxy) is 1. The number of piperidine rings is 1. The summed E-state index contributed by atoms with van der Waals surface area (Å²) in [6.07, 6.45) is 2.65. The fourth-order valence-electron chi connectivity index (χ4n) is 4.76. The third-order valence-corrected chi connectivity index (χ3v) is 8.42. The number of nitrogens with two attached hydrogens (primary N) is 1. The first-order valence-corrected chi connectivity index (χ1v) is 12.5. The molecule has 1 fully saturated rings. The van der Waals surface area contributed by atoms with Crippen LogP contribution in [0.5, 0.6) is 0 Å². The highest BCUT2D eigenvalue weighted by Crippen LogP contribution is 2.52. The zero-order chi connectivity index (χ0) is 24.0. The van der Waals surface area contributed by atoms with Crippen LogP contribution in [0.4, 0.5) is 11.6 Å². The highest BCUT2D eigenvalue weighted by molar-refractivity contribution is 7.84. The van der Waals surface area contributed by atoms with E-state index in [-0.39, 0.29) is 32.9 Å². The summed E-state index contributed by atoms with van der Waals surface area (Å²) in [6, 6.07) is 8.42. The van der Waals surface area contributed by atoms with Gasteiger partial charge in [0, 0.05) is 13.1 Å². The highest BCUT2D eigenvalue weighted by Gasteiger charge is 2.49. The van der Waals surface area contributed by atoms with Crippen molar-refractivity contribution in [2.75, 3.05) is 30.8 Å². The molecule has 1 spiro atoms. The minimum absolute atomic E-state index is 0.00392. The summed E-state index contributed by atoms with van der Waals surface area (Å²) in [5.74, 6) is -0.208. The number of nitrogens with one attached hydrogen (secondary N) is 1. The van der Waals surface area contributed by atoms with Gasteiger partial charge in [0.2, 0.25) is 0 Å². The number of esters is 1. The quantitative estimate of drug-likeness (QED) is 0.630. The third kappa shape index (κ3) is 4.46. The fourth-order valence-corrected chi connectivity index (χ4v) is 5.95. The maximum absolute atomic E-state index is 13.0. The van der Waals surface area contributed by atoms with Gasteiger partial charge in [0.05, 0.1) is 28.9 Å². The summed E-state index contributed by atoms with van der Waals surface area (Å²) in [6.45, 7) is 7.33. The van der Waals surface area contributed by atoms with Gasteiger partial charge in [-0.05, 0) is 56.6 Å². The first kappa shape index (κ1) is 23.9. The molecular weight excluding hydrogens is 462 g/mol. The number of fused-ring (bicyclic) bond motifs is 1. The van der Waals surface area contributed by atoms with Crippen LogP contribution < -0.4 is 15.4 Å². The van der Waals surface area contributed by atoms with E-state index >= 15 is 0 Å². The van der Waals surface area contributed by atoms with Crippen molar-refractivity contribution in [2.24, 2.45) is 5.41 Å². The zero-order valence-corrected chi connectivity index (χ0v) is 20.9. The molecule has 1 aliphatic carbocycles. The van der Waals surface area contributed by atoms with Gasteiger partial charge in [0.1, 0.15) is 0 Å². The summed E-state index contributed by atoms with van der Waals surface area (Å²) < 4.78 is 20.8. The largest absolute Gasteiger partial charge is 0.464 e. The molecule has 1 unspecified atom stereocenters. The highest BCUT2D eigenvalue weighted by atomic mass is 35.5. The van der Waals surface area contributed by atoms with Gasteiger partial charge in [0.15, 0.2) is 22.5 Å². The Balaban J connectivity index is 1.58. The van der Waals surface area contributed by atoms with Crippen LogP contribution in [0.15, 0.2) is 24.3 Å². The second-order valence-electron chi connectivity index (χ2n) is 9.72. The first-order valence-electron chi connectivity index (χ1n) is 11.0. The van der Waals surface area contributed by atoms with E-state index in [0.717, 1.165) is 19.3 Å². The molecule has 2 aliphatic rings. The maximum Gasteiger partial charge on any atom is 0.360 e. The Bertz CT molecular complexity index is 1100. The molecule has 4 rings (SSSR count). The summed E-state index contributed by atoms with van der Waals surface area (Å²) >= 11 is 6.38. The van der Waals surface area contributed by atoms with Crippen molar-refractivity contribution >= 4 is 40.2 Å². The maximum atomic E-state index is 13.0. The lowest BCUT2D eigenvalue weighted by Gasteiger charge is -2.44. The van der Waals surface area contributed by atoms with Crippen LogP contribution in [0.3, 0.4) is 0 Å². The number of methoxy groups -OCH3 is 1. The molecular formula is C23H30ClN5O3S. The van der Waals surface area contributed by atoms with E-state index in [1.54, 1.807) is 0 Å². The number of halogens is 1. The molecule has 0 saturated carbocycles. The van der Waals surface area contributed by atoms with Crippen molar-refractivity contribution in [3.63, 3.8) is 0 Å². The topological polar surface area (TPSA) is 110 Å². The van der Waals surface area contributed by atoms with E-state index in [0.29, 0.717) is 18.9 Å². The van der Waals surface area contributed by atoms with Gasteiger partial charge in [-0.1, -0.05) is 35.9 Å². The molecule has 178 valence electrons. The zero-order valence-electron chi connectivity index (χ0n) is 19.4. The summed E-state index contributed by atoms with van der Waals surface area (Å²) in [5, 5.41) is 0.124. The Morgan fingerprint density at radius 1 is 1.27 bits per heavy atom. The molecule has 2 heterocycles. The van der Waals surface area contributed by atoms with Crippen molar-refractivity contribution < 1.29 is 13.7 Å². The Labute approximate surface area is 201 Å². The number of benzene rings is 1. The van der Waals surface area contributed by atoms with Crippen LogP contribution in [-0.4, -0.2) is 45.1 Å². The van der Waals surface area contributed by atoms with Crippen LogP contribution in [0.25, 0.3) is 0 Å². The number of carbonyl (C=O) groups is 1. The average Bonchev–Trinajstić information content (AvgIpc) is 3.07. The second kappa shape index (κ2) is 8.85. The van der Waals surface area contributed by atoms with Crippen LogP contribution in [0, 0.1) is 5.41 Å². The van der Waals surface area contributed by atoms with Crippen LogP contribution >= 0.6 is 11.6 Å². The second-order valence-corrected chi connectivity index (χ2v) is 12.1. The van der Waals surface area contributed by atoms with Crippen molar-refractivity contribution in [3.8, 4) is 0 Å². The lowest BCUT2D eigenvalue weighted by Crippen LogP contribution is -2.48. The monoisotopic (exact) mass is 491 g/mol. The van der Waals surface area contributed by atoms with E-state index in [4.69, 9.17) is 22.1 Å². The number of hydrogen-bond acceptors (Lipinski definition) is 7. The van der Waals surface area contributed by atoms with Gasteiger partial charge in [-0.2, -0.15) is 0 Å². The summed E-state index contributed by atoms with van der Waals surface area (Å²) in [4.78, 5) is 22.4. The van der Waals surface area contributed by atoms with Gasteiger partial charge in [-0.15, -0.1) is 0 Å². The molecule has 8 nitrogen and oxygen atoms in total. The number of carbonyl (C=O) groups excluding carboxylic acids is 1. The van der Waals surface area contributed by atoms with E-state index in [1.165, 1.54) is 18.2 Å². The van der Waals surface area contributed by atoms with Gasteiger partial charge in [-0.3, -0.25) is 0 Å². The van der Waals surface area contributed by atoms with Crippen molar-refractivity contribution in [3.05, 3.63) is 46.2 Å². The fraction of sp³-hybridized carbons (Fsp3) is 0.522. The molecule has 3 N–H and O–H groups in total. The molecule has 0 bridgehead atoms. The molecule has 1 aromatic carbocycles. The Hall–Kier alpha value is -2.23. The van der Waals surface area contributed by atoms with Gasteiger partial charge < -0.3 is 15.4 Å². The predicted octanol–water partition coefficient (Wildman–Crippen LogP) is 3.43. The van der Waals surface area contributed by atoms with E-state index in [1.807, 2.05) is 26.8 Å². The van der Waals surface area contributed by atoms with Gasteiger partial charge in [0.25, 0.3) is 0 Å². The average molecular weight is 492 g/mol. The van der Waals surface area contributed by atoms with Crippen molar-refractivity contribution in [2.45, 2.75) is 50.8 Å². The number of rotatable bonds is 4. The number of aromatic nitrogens is 2. The van der Waals surface area contributed by atoms with E-state index in [9.17, 15) is 9.00 Å². The first-order chi connectivity index (χ1) is 15.6. The number of nitrogen functional groups attached to an aromatic ring is 1. The van der Waals surface area contributed by atoms with E-state index < -0.39 is 17.0 Å². The van der Waals surface area contributed by atoms with Gasteiger partial charge in [-0.25, -0.2) is 23.7 Å². The number of nitrogens with zero attached hydrogens (tertiary/aromatic N) is 3. The van der Waals surface area contributed by atoms with Crippen molar-refractivity contribution in [1.29, 1.82) is 0 Å². The Morgan fingerprint density at radius 3 is 2.58 bits per heavy atom. The molecule has 1 aliphatic heterocycles. The Kier molecular flexibility index (Phi) is 6.41. The van der Waals surface area contributed by atoms with Crippen LogP contribution in [0.1, 0.15) is 61.3 Å². The molecule has 0 amide bonds. The van der Waals surface area contributed by atoms with Crippen LogP contribution in [0.2, 0.25) is 5.15 Å². The summed E-state index contributed by atoms with van der Waals surface area (Å²) in [5.41, 5.74) is 8.35. The molecule has 1 aromatic heterocycles. The van der Waals surface area contributed by atoms with Crippen LogP contribution in [-0.2, 0) is 22.1 Å². The number of hydrogen-bond donors (Lipinski definition) is 2. The van der Waals surface area contributed by atoms with E-state index in [2.05, 4.69) is 37.8 Å². The summed E-state index contributed by atoms with van der Waals surface area (Å²) in [7, 11) is 0.0669. The Morgan fingerprint density at radius 2 is 1.94 bits per heavy atom. The minimum Gasteiger partial charge on any atom is -0.464 e. The molecule has 0 radical (unpaired) electrons. The SMILES string of the molecule is COC(=O)c1nc(Cl)c(N2CCC3(CC2)Cc2ccccc2C3N[S@](=O)C(C)(C)C)nc1N. The normalized spacial score (nSPS) is 20.5. The molecule has 10 heteroatoms. The molecule has 33 heavy (non-hydrogen) atoms. The lowest BCUT2D eigenvalue weighted by molar-refractivity contribution is 0.0595. The van der Waals surface area contributed by atoms with Gasteiger partial charge >= 0.3 is 5.97 Å². The predicted molar refractivity (Wildman–Crippen MR) is 131 cm³/mol. The molecule has 2 aromatic rings. The molecule has 1 saturated heterocycles. The third-order valence-electron chi connectivity index (χ3n) is 6.60. The minimum atomic E-state index is -1.19. The smallest absolute Gasteiger partial charge is 0.360 e. The van der Waals surface area contributed by atoms with Crippen molar-refractivity contribution in [1.82, 2.24) is 14.7 Å². The lowest BCUT2D eigenvalue weighted by atomic mass is 9.73. The standard InChI is InChI=1S/C23H30ClN5O3S/c1-22(2,3)33(31)28-17-15-8-6-5-7-14(15)13-23(17)9-11-29(12-10-23)20-18(24)26-16(19(25)27-20)21(30)32-4/h5-8,17,28H,9-13H2,1-4H3,(H2,25,27)/t17?,33-/m1/s1. The molecule has 2 atom stereocenters.